The van der Waals surface area contributed by atoms with E-state index in [0.717, 1.165) is 33.5 Å². The summed E-state index contributed by atoms with van der Waals surface area (Å²) in [6.07, 6.45) is 0.993. The smallest absolute Gasteiger partial charge is 0.224 e. The van der Waals surface area contributed by atoms with Gasteiger partial charge in [-0.1, -0.05) is 0 Å². The minimum atomic E-state index is -0.0332. The first-order chi connectivity index (χ1) is 12.7. The fourth-order valence-electron chi connectivity index (χ4n) is 2.43. The van der Waals surface area contributed by atoms with Crippen LogP contribution in [0.3, 0.4) is 0 Å². The molecule has 0 atom stereocenters. The number of ether oxygens (including phenoxy) is 2. The van der Waals surface area contributed by atoms with Crippen LogP contribution >= 0.6 is 11.3 Å². The molecule has 0 aliphatic carbocycles. The molecule has 134 valence electrons. The van der Waals surface area contributed by atoms with Crippen molar-refractivity contribution in [3.8, 4) is 22.1 Å². The summed E-state index contributed by atoms with van der Waals surface area (Å²) in [7, 11) is 3.26. The zero-order valence-electron chi connectivity index (χ0n) is 14.7. The van der Waals surface area contributed by atoms with Crippen molar-refractivity contribution in [3.05, 3.63) is 59.6 Å². The number of benzene rings is 2. The van der Waals surface area contributed by atoms with E-state index in [0.29, 0.717) is 12.8 Å². The van der Waals surface area contributed by atoms with Crippen LogP contribution in [0.5, 0.6) is 11.5 Å². The average molecular weight is 368 g/mol. The van der Waals surface area contributed by atoms with Gasteiger partial charge in [-0.25, -0.2) is 4.98 Å². The maximum atomic E-state index is 12.1. The third-order valence-electron chi connectivity index (χ3n) is 3.87. The standard InChI is InChI=1S/C20H20N2O3S/c1-24-17-8-3-14(4-9-17)20-22-16(13-26-20)7-12-19(23)21-15-5-10-18(25-2)11-6-15/h3-6,8-11,13H,7,12H2,1-2H3,(H,21,23). The summed E-state index contributed by atoms with van der Waals surface area (Å²) < 4.78 is 10.3. The number of hydrogen-bond acceptors (Lipinski definition) is 5. The van der Waals surface area contributed by atoms with Crippen LogP contribution in [0.2, 0.25) is 0 Å². The van der Waals surface area contributed by atoms with E-state index in [2.05, 4.69) is 10.3 Å². The van der Waals surface area contributed by atoms with Gasteiger partial charge in [0.15, 0.2) is 0 Å². The van der Waals surface area contributed by atoms with Crippen molar-refractivity contribution < 1.29 is 14.3 Å². The summed E-state index contributed by atoms with van der Waals surface area (Å²) in [5, 5.41) is 5.82. The van der Waals surface area contributed by atoms with Crippen LogP contribution in [0.1, 0.15) is 12.1 Å². The fourth-order valence-corrected chi connectivity index (χ4v) is 3.29. The van der Waals surface area contributed by atoms with Gasteiger partial charge >= 0.3 is 0 Å². The maximum Gasteiger partial charge on any atom is 0.224 e. The van der Waals surface area contributed by atoms with E-state index in [1.165, 1.54) is 0 Å². The number of rotatable bonds is 7. The number of nitrogens with one attached hydrogen (secondary N) is 1. The molecular weight excluding hydrogens is 348 g/mol. The summed E-state index contributed by atoms with van der Waals surface area (Å²) >= 11 is 1.58. The van der Waals surface area contributed by atoms with E-state index in [1.807, 2.05) is 53.9 Å². The Balaban J connectivity index is 1.54. The SMILES string of the molecule is COc1ccc(NC(=O)CCc2csc(-c3ccc(OC)cc3)n2)cc1. The van der Waals surface area contributed by atoms with E-state index >= 15 is 0 Å². The van der Waals surface area contributed by atoms with Crippen LogP contribution in [-0.2, 0) is 11.2 Å². The summed E-state index contributed by atoms with van der Waals surface area (Å²) in [5.74, 6) is 1.55. The predicted octanol–water partition coefficient (Wildman–Crippen LogP) is 4.40. The number of nitrogens with zero attached hydrogens (tertiary/aromatic N) is 1. The van der Waals surface area contributed by atoms with Gasteiger partial charge in [0.25, 0.3) is 0 Å². The number of hydrogen-bond donors (Lipinski definition) is 1. The molecule has 0 radical (unpaired) electrons. The first kappa shape index (κ1) is 17.9. The molecule has 3 rings (SSSR count). The van der Waals surface area contributed by atoms with E-state index in [4.69, 9.17) is 9.47 Å². The van der Waals surface area contributed by atoms with Gasteiger partial charge in [0.2, 0.25) is 5.91 Å². The molecule has 0 saturated carbocycles. The molecule has 26 heavy (non-hydrogen) atoms. The minimum Gasteiger partial charge on any atom is -0.497 e. The molecule has 5 nitrogen and oxygen atoms in total. The van der Waals surface area contributed by atoms with Crippen molar-refractivity contribution in [2.75, 3.05) is 19.5 Å². The van der Waals surface area contributed by atoms with Gasteiger partial charge in [-0.05, 0) is 55.0 Å². The number of aromatic nitrogens is 1. The van der Waals surface area contributed by atoms with Gasteiger partial charge in [-0.3, -0.25) is 4.79 Å². The topological polar surface area (TPSA) is 60.5 Å². The van der Waals surface area contributed by atoms with Crippen molar-refractivity contribution in [1.29, 1.82) is 0 Å². The number of carbonyl (C=O) groups is 1. The summed E-state index contributed by atoms with van der Waals surface area (Å²) in [6, 6.07) is 15.1. The molecule has 1 heterocycles. The zero-order chi connectivity index (χ0) is 18.4. The number of carbonyl (C=O) groups excluding carboxylic acids is 1. The highest BCUT2D eigenvalue weighted by atomic mass is 32.1. The van der Waals surface area contributed by atoms with Crippen LogP contribution in [0.25, 0.3) is 10.6 Å². The van der Waals surface area contributed by atoms with Crippen LogP contribution in [0.4, 0.5) is 5.69 Å². The van der Waals surface area contributed by atoms with Crippen LogP contribution in [0, 0.1) is 0 Å². The molecule has 0 fully saturated rings. The summed E-state index contributed by atoms with van der Waals surface area (Å²) in [5.41, 5.74) is 2.73. The lowest BCUT2D eigenvalue weighted by atomic mass is 10.2. The number of anilines is 1. The van der Waals surface area contributed by atoms with Crippen LogP contribution in [0.15, 0.2) is 53.9 Å². The monoisotopic (exact) mass is 368 g/mol. The molecule has 1 aromatic heterocycles. The molecule has 0 saturated heterocycles. The van der Waals surface area contributed by atoms with E-state index in [1.54, 1.807) is 25.6 Å². The van der Waals surface area contributed by atoms with E-state index < -0.39 is 0 Å². The third-order valence-corrected chi connectivity index (χ3v) is 4.81. The molecule has 2 aromatic carbocycles. The first-order valence-electron chi connectivity index (χ1n) is 8.20. The summed E-state index contributed by atoms with van der Waals surface area (Å²) in [6.45, 7) is 0. The molecule has 0 aliphatic rings. The first-order valence-corrected chi connectivity index (χ1v) is 9.08. The van der Waals surface area contributed by atoms with Gasteiger partial charge in [0, 0.05) is 23.1 Å². The molecule has 3 aromatic rings. The summed E-state index contributed by atoms with van der Waals surface area (Å²) in [4.78, 5) is 16.7. The third kappa shape index (κ3) is 4.61. The second-order valence-corrected chi connectivity index (χ2v) is 6.51. The Labute approximate surface area is 156 Å². The molecule has 0 bridgehead atoms. The number of aryl methyl sites for hydroxylation is 1. The highest BCUT2D eigenvalue weighted by Crippen LogP contribution is 2.26. The van der Waals surface area contributed by atoms with Gasteiger partial charge in [-0.2, -0.15) is 0 Å². The lowest BCUT2D eigenvalue weighted by Crippen LogP contribution is -2.12. The lowest BCUT2D eigenvalue weighted by Gasteiger charge is -2.05. The van der Waals surface area contributed by atoms with Crippen molar-refractivity contribution >= 4 is 22.9 Å². The van der Waals surface area contributed by atoms with Crippen LogP contribution in [-0.4, -0.2) is 25.1 Å². The highest BCUT2D eigenvalue weighted by Gasteiger charge is 2.08. The van der Waals surface area contributed by atoms with Gasteiger partial charge in [0.05, 0.1) is 19.9 Å². The van der Waals surface area contributed by atoms with Gasteiger partial charge in [-0.15, -0.1) is 11.3 Å². The Bertz CT molecular complexity index is 858. The molecule has 0 aliphatic heterocycles. The Morgan fingerprint density at radius 3 is 2.23 bits per heavy atom. The zero-order valence-corrected chi connectivity index (χ0v) is 15.5. The molecule has 6 heteroatoms. The Morgan fingerprint density at radius 2 is 1.62 bits per heavy atom. The Morgan fingerprint density at radius 1 is 1.00 bits per heavy atom. The molecule has 1 amide bonds. The number of amides is 1. The van der Waals surface area contributed by atoms with Crippen molar-refractivity contribution in [2.24, 2.45) is 0 Å². The van der Waals surface area contributed by atoms with E-state index in [-0.39, 0.29) is 5.91 Å². The Kier molecular flexibility index (Phi) is 5.86. The fraction of sp³-hybridized carbons (Fsp3) is 0.200. The largest absolute Gasteiger partial charge is 0.497 e. The average Bonchev–Trinajstić information content (AvgIpc) is 3.16. The predicted molar refractivity (Wildman–Crippen MR) is 104 cm³/mol. The second kappa shape index (κ2) is 8.49. The maximum absolute atomic E-state index is 12.1. The highest BCUT2D eigenvalue weighted by molar-refractivity contribution is 7.13. The molecular formula is C20H20N2O3S. The van der Waals surface area contributed by atoms with Gasteiger partial charge in [0.1, 0.15) is 16.5 Å². The van der Waals surface area contributed by atoms with Crippen LogP contribution < -0.4 is 14.8 Å². The van der Waals surface area contributed by atoms with Gasteiger partial charge < -0.3 is 14.8 Å². The molecule has 1 N–H and O–H groups in total. The van der Waals surface area contributed by atoms with Crippen molar-refractivity contribution in [2.45, 2.75) is 12.8 Å². The normalized spacial score (nSPS) is 10.4. The number of thiazole rings is 1. The quantitative estimate of drug-likeness (QED) is 0.671. The number of methoxy groups -OCH3 is 2. The van der Waals surface area contributed by atoms with Crippen molar-refractivity contribution in [3.63, 3.8) is 0 Å². The molecule has 0 unspecified atom stereocenters. The van der Waals surface area contributed by atoms with Crippen molar-refractivity contribution in [1.82, 2.24) is 4.98 Å². The molecule has 0 spiro atoms. The second-order valence-electron chi connectivity index (χ2n) is 5.65. The van der Waals surface area contributed by atoms with E-state index in [9.17, 15) is 4.79 Å². The minimum absolute atomic E-state index is 0.0332. The Hall–Kier alpha value is -2.86. The lowest BCUT2D eigenvalue weighted by molar-refractivity contribution is -0.116.